The first-order chi connectivity index (χ1) is 16.7. The van der Waals surface area contributed by atoms with Crippen molar-refractivity contribution in [2.75, 3.05) is 0 Å². The summed E-state index contributed by atoms with van der Waals surface area (Å²) in [5.41, 5.74) is -1.73. The Morgan fingerprint density at radius 3 is 2.43 bits per heavy atom. The summed E-state index contributed by atoms with van der Waals surface area (Å²) in [7, 11) is 0. The third-order valence-corrected chi connectivity index (χ3v) is 5.09. The molecule has 1 aliphatic rings. The minimum atomic E-state index is -4.90. The Hall–Kier alpha value is -4.21. The van der Waals surface area contributed by atoms with Gasteiger partial charge in [-0.25, -0.2) is 8.78 Å². The SMILES string of the molecule is O=C(NC(c1ccc(C(F)(F)F)c(F)c1)c1ncccc1F)C1=CN[C@@H](Oc2ccccc2)C=C1. The molecule has 0 saturated carbocycles. The molecule has 35 heavy (non-hydrogen) atoms. The van der Waals surface area contributed by atoms with Crippen LogP contribution in [0.3, 0.4) is 0 Å². The van der Waals surface area contributed by atoms with Crippen LogP contribution in [-0.4, -0.2) is 17.1 Å². The van der Waals surface area contributed by atoms with E-state index >= 15 is 0 Å². The van der Waals surface area contributed by atoms with E-state index in [2.05, 4.69) is 15.6 Å². The Balaban J connectivity index is 1.56. The number of amides is 1. The van der Waals surface area contributed by atoms with Crippen molar-refractivity contribution < 1.29 is 31.5 Å². The quantitative estimate of drug-likeness (QED) is 0.479. The molecule has 0 radical (unpaired) electrons. The third-order valence-electron chi connectivity index (χ3n) is 5.09. The van der Waals surface area contributed by atoms with Crippen LogP contribution in [0.25, 0.3) is 0 Å². The van der Waals surface area contributed by atoms with Crippen molar-refractivity contribution in [3.63, 3.8) is 0 Å². The molecule has 3 aromatic rings. The number of ether oxygens (including phenoxy) is 1. The summed E-state index contributed by atoms with van der Waals surface area (Å²) >= 11 is 0. The van der Waals surface area contributed by atoms with Crippen molar-refractivity contribution >= 4 is 5.91 Å². The Bertz CT molecular complexity index is 1280. The molecule has 1 aliphatic heterocycles. The first-order valence-corrected chi connectivity index (χ1v) is 10.4. The number of carbonyl (C=O) groups excluding carboxylic acids is 1. The highest BCUT2D eigenvalue weighted by molar-refractivity contribution is 5.96. The van der Waals surface area contributed by atoms with Gasteiger partial charge < -0.3 is 15.4 Å². The number of aromatic nitrogens is 1. The average Bonchev–Trinajstić information content (AvgIpc) is 2.83. The van der Waals surface area contributed by atoms with E-state index in [1.54, 1.807) is 30.3 Å². The molecule has 0 saturated heterocycles. The highest BCUT2D eigenvalue weighted by Gasteiger charge is 2.35. The second-order valence-corrected chi connectivity index (χ2v) is 7.49. The molecule has 2 atom stereocenters. The van der Waals surface area contributed by atoms with Crippen LogP contribution < -0.4 is 15.4 Å². The monoisotopic (exact) mass is 487 g/mol. The van der Waals surface area contributed by atoms with Crippen LogP contribution in [0.5, 0.6) is 5.75 Å². The van der Waals surface area contributed by atoms with E-state index < -0.39 is 41.6 Å². The fourth-order valence-corrected chi connectivity index (χ4v) is 3.40. The molecule has 2 heterocycles. The van der Waals surface area contributed by atoms with E-state index in [9.17, 15) is 26.7 Å². The molecule has 0 fully saturated rings. The van der Waals surface area contributed by atoms with Crippen molar-refractivity contribution in [1.29, 1.82) is 0 Å². The summed E-state index contributed by atoms with van der Waals surface area (Å²) < 4.78 is 73.4. The van der Waals surface area contributed by atoms with E-state index in [4.69, 9.17) is 4.74 Å². The number of hydrogen-bond donors (Lipinski definition) is 2. The lowest BCUT2D eigenvalue weighted by molar-refractivity contribution is -0.140. The van der Waals surface area contributed by atoms with Crippen LogP contribution in [-0.2, 0) is 11.0 Å². The Kier molecular flexibility index (Phi) is 6.81. The van der Waals surface area contributed by atoms with E-state index in [1.165, 1.54) is 24.5 Å². The van der Waals surface area contributed by atoms with Gasteiger partial charge in [-0.3, -0.25) is 9.78 Å². The van der Waals surface area contributed by atoms with Crippen molar-refractivity contribution in [3.8, 4) is 5.75 Å². The molecule has 0 bridgehead atoms. The Morgan fingerprint density at radius 2 is 1.80 bits per heavy atom. The Morgan fingerprint density at radius 1 is 1.03 bits per heavy atom. The van der Waals surface area contributed by atoms with Crippen LogP contribution in [0.1, 0.15) is 22.9 Å². The molecule has 5 nitrogen and oxygen atoms in total. The van der Waals surface area contributed by atoms with Crippen molar-refractivity contribution in [2.24, 2.45) is 0 Å². The lowest BCUT2D eigenvalue weighted by Gasteiger charge is -2.23. The number of nitrogens with one attached hydrogen (secondary N) is 2. The molecule has 4 rings (SSSR count). The zero-order valence-corrected chi connectivity index (χ0v) is 17.9. The third kappa shape index (κ3) is 5.65. The molecule has 2 aromatic carbocycles. The minimum Gasteiger partial charge on any atom is -0.467 e. The summed E-state index contributed by atoms with van der Waals surface area (Å²) in [5, 5.41) is 5.41. The number of rotatable bonds is 6. The smallest absolute Gasteiger partial charge is 0.419 e. The minimum absolute atomic E-state index is 0.111. The maximum atomic E-state index is 14.5. The van der Waals surface area contributed by atoms with Crippen LogP contribution >= 0.6 is 0 Å². The zero-order chi connectivity index (χ0) is 25.0. The molecule has 10 heteroatoms. The van der Waals surface area contributed by atoms with Crippen molar-refractivity contribution in [3.05, 3.63) is 119 Å². The van der Waals surface area contributed by atoms with Gasteiger partial charge in [-0.15, -0.1) is 0 Å². The number of alkyl halides is 3. The lowest BCUT2D eigenvalue weighted by atomic mass is 9.99. The van der Waals surface area contributed by atoms with Gasteiger partial charge in [0.2, 0.25) is 0 Å². The number of pyridine rings is 1. The van der Waals surface area contributed by atoms with Gasteiger partial charge in [-0.1, -0.05) is 24.3 Å². The number of carbonyl (C=O) groups is 1. The van der Waals surface area contributed by atoms with Gasteiger partial charge >= 0.3 is 6.18 Å². The van der Waals surface area contributed by atoms with Crippen molar-refractivity contribution in [1.82, 2.24) is 15.6 Å². The van der Waals surface area contributed by atoms with Crippen LogP contribution in [0.4, 0.5) is 22.0 Å². The molecule has 0 spiro atoms. The fraction of sp³-hybridized carbons (Fsp3) is 0.120. The summed E-state index contributed by atoms with van der Waals surface area (Å²) in [5.74, 6) is -2.46. The number of dihydropyridines is 1. The number of nitrogens with zero attached hydrogens (tertiary/aromatic N) is 1. The number of halogens is 5. The topological polar surface area (TPSA) is 63.2 Å². The number of benzene rings is 2. The second kappa shape index (κ2) is 9.96. The second-order valence-electron chi connectivity index (χ2n) is 7.49. The highest BCUT2D eigenvalue weighted by atomic mass is 19.4. The van der Waals surface area contributed by atoms with E-state index in [1.807, 2.05) is 6.07 Å². The van der Waals surface area contributed by atoms with Gasteiger partial charge in [-0.05, 0) is 54.1 Å². The standard InChI is InChI=1S/C25H18F5N3O2/c26-19-7-4-12-31-23(19)22(15-8-10-18(20(27)13-15)25(28,29)30)33-24(34)16-9-11-21(32-14-16)35-17-5-2-1-3-6-17/h1-14,21-22,32H,(H,33,34)/t21-,22?/m0/s1. The lowest BCUT2D eigenvalue weighted by Crippen LogP contribution is -2.36. The van der Waals surface area contributed by atoms with E-state index in [-0.39, 0.29) is 16.8 Å². The largest absolute Gasteiger partial charge is 0.467 e. The molecule has 1 aromatic heterocycles. The fourth-order valence-electron chi connectivity index (χ4n) is 3.40. The predicted octanol–water partition coefficient (Wildman–Crippen LogP) is 5.03. The number of para-hydroxylation sites is 1. The average molecular weight is 487 g/mol. The first kappa shape index (κ1) is 23.9. The van der Waals surface area contributed by atoms with Gasteiger partial charge in [0.25, 0.3) is 5.91 Å². The summed E-state index contributed by atoms with van der Waals surface area (Å²) in [6.45, 7) is 0. The van der Waals surface area contributed by atoms with Gasteiger partial charge in [0.15, 0.2) is 6.23 Å². The van der Waals surface area contributed by atoms with Gasteiger partial charge in [-0.2, -0.15) is 13.2 Å². The summed E-state index contributed by atoms with van der Waals surface area (Å²) in [6.07, 6.45) is 0.225. The molecule has 0 aliphatic carbocycles. The van der Waals surface area contributed by atoms with E-state index in [0.29, 0.717) is 17.9 Å². The molecular formula is C25H18F5N3O2. The summed E-state index contributed by atoms with van der Waals surface area (Å²) in [4.78, 5) is 16.8. The van der Waals surface area contributed by atoms with E-state index in [0.717, 1.165) is 12.1 Å². The van der Waals surface area contributed by atoms with Crippen LogP contribution in [0, 0.1) is 11.6 Å². The zero-order valence-electron chi connectivity index (χ0n) is 17.9. The predicted molar refractivity (Wildman–Crippen MR) is 117 cm³/mol. The highest BCUT2D eigenvalue weighted by Crippen LogP contribution is 2.33. The van der Waals surface area contributed by atoms with Gasteiger partial charge in [0.05, 0.1) is 17.2 Å². The van der Waals surface area contributed by atoms with Gasteiger partial charge in [0, 0.05) is 12.4 Å². The molecule has 180 valence electrons. The summed E-state index contributed by atoms with van der Waals surface area (Å²) in [6, 6.07) is 12.1. The number of hydrogen-bond acceptors (Lipinski definition) is 4. The normalized spacial score (nSPS) is 16.1. The maximum absolute atomic E-state index is 14.5. The first-order valence-electron chi connectivity index (χ1n) is 10.4. The molecule has 1 unspecified atom stereocenters. The molecule has 1 amide bonds. The van der Waals surface area contributed by atoms with Crippen LogP contribution in [0.15, 0.2) is 90.8 Å². The molecule has 2 N–H and O–H groups in total. The van der Waals surface area contributed by atoms with Gasteiger partial charge in [0.1, 0.15) is 23.1 Å². The van der Waals surface area contributed by atoms with Crippen molar-refractivity contribution in [2.45, 2.75) is 18.4 Å². The molecular weight excluding hydrogens is 469 g/mol. The Labute approximate surface area is 197 Å². The van der Waals surface area contributed by atoms with Crippen LogP contribution in [0.2, 0.25) is 0 Å². The maximum Gasteiger partial charge on any atom is 0.419 e.